The van der Waals surface area contributed by atoms with Gasteiger partial charge in [0.25, 0.3) is 5.91 Å². The zero-order valence-electron chi connectivity index (χ0n) is 11.5. The predicted octanol–water partition coefficient (Wildman–Crippen LogP) is 0.803. The molecule has 0 fully saturated rings. The number of nitrogen functional groups attached to an aromatic ring is 1. The van der Waals surface area contributed by atoms with Crippen LogP contribution in [0.3, 0.4) is 0 Å². The van der Waals surface area contributed by atoms with Crippen LogP contribution in [0.2, 0.25) is 0 Å². The van der Waals surface area contributed by atoms with Crippen LogP contribution in [0.25, 0.3) is 0 Å². The Kier molecular flexibility index (Phi) is 4.18. The van der Waals surface area contributed by atoms with Crippen LogP contribution in [0.5, 0.6) is 0 Å². The summed E-state index contributed by atoms with van der Waals surface area (Å²) in [5, 5.41) is 7.10. The third kappa shape index (κ3) is 3.05. The third-order valence-electron chi connectivity index (χ3n) is 2.63. The average Bonchev–Trinajstić information content (AvgIpc) is 3.01. The number of aryl methyl sites for hydroxylation is 1. The summed E-state index contributed by atoms with van der Waals surface area (Å²) in [5.74, 6) is 0.813. The summed E-state index contributed by atoms with van der Waals surface area (Å²) in [6, 6.07) is 0. The zero-order chi connectivity index (χ0) is 14.7. The van der Waals surface area contributed by atoms with E-state index >= 15 is 0 Å². The monoisotopic (exact) mass is 296 g/mol. The zero-order valence-corrected chi connectivity index (χ0v) is 12.3. The molecule has 0 saturated carbocycles. The minimum Gasteiger partial charge on any atom is -0.382 e. The molecule has 0 bridgehead atoms. The molecular weight excluding hydrogens is 280 g/mol. The van der Waals surface area contributed by atoms with Crippen LogP contribution in [0, 0.1) is 6.92 Å². The van der Waals surface area contributed by atoms with Crippen molar-refractivity contribution in [2.24, 2.45) is 0 Å². The van der Waals surface area contributed by atoms with Crippen LogP contribution in [-0.4, -0.2) is 34.6 Å². The normalized spacial score (nSPS) is 10.6. The van der Waals surface area contributed by atoms with Crippen molar-refractivity contribution in [3.63, 3.8) is 0 Å². The van der Waals surface area contributed by atoms with E-state index in [1.165, 1.54) is 11.3 Å². The molecular formula is C11H16N6O2S. The van der Waals surface area contributed by atoms with Crippen LogP contribution < -0.4 is 16.0 Å². The molecule has 0 aliphatic rings. The first-order valence-electron chi connectivity index (χ1n) is 6.06. The maximum atomic E-state index is 12.0. The van der Waals surface area contributed by atoms with Gasteiger partial charge >= 0.3 is 0 Å². The van der Waals surface area contributed by atoms with Gasteiger partial charge in [-0.2, -0.15) is 4.98 Å². The van der Waals surface area contributed by atoms with Crippen LogP contribution in [0.15, 0.2) is 4.52 Å². The summed E-state index contributed by atoms with van der Waals surface area (Å²) in [7, 11) is 1.89. The van der Waals surface area contributed by atoms with Crippen molar-refractivity contribution in [3.05, 3.63) is 16.6 Å². The Morgan fingerprint density at radius 2 is 2.25 bits per heavy atom. The summed E-state index contributed by atoms with van der Waals surface area (Å²) in [6.45, 7) is 4.66. The number of nitrogens with zero attached hydrogens (tertiary/aromatic N) is 4. The van der Waals surface area contributed by atoms with E-state index in [-0.39, 0.29) is 18.3 Å². The van der Waals surface area contributed by atoms with Gasteiger partial charge in [-0.3, -0.25) is 4.79 Å². The number of thiazole rings is 1. The lowest BCUT2D eigenvalue weighted by Crippen LogP contribution is -2.23. The van der Waals surface area contributed by atoms with E-state index in [0.29, 0.717) is 21.7 Å². The topological polar surface area (TPSA) is 110 Å². The van der Waals surface area contributed by atoms with Gasteiger partial charge in [0.1, 0.15) is 10.7 Å². The fourth-order valence-electron chi connectivity index (χ4n) is 1.43. The van der Waals surface area contributed by atoms with Crippen molar-refractivity contribution in [2.45, 2.75) is 20.4 Å². The highest BCUT2D eigenvalue weighted by Crippen LogP contribution is 2.27. The standard InChI is InChI=1S/C11H16N6O2S/c1-4-17(3)11-15-9(12)8(20-11)10(18)13-5-7-14-6(2)19-16-7/h4-5,12H2,1-3H3,(H,13,18). The van der Waals surface area contributed by atoms with Gasteiger partial charge in [-0.15, -0.1) is 0 Å². The number of amides is 1. The molecule has 0 aliphatic carbocycles. The van der Waals surface area contributed by atoms with E-state index in [1.807, 2.05) is 18.9 Å². The summed E-state index contributed by atoms with van der Waals surface area (Å²) in [4.78, 5) is 22.5. The Labute approximate surface area is 120 Å². The van der Waals surface area contributed by atoms with Crippen molar-refractivity contribution in [2.75, 3.05) is 24.2 Å². The summed E-state index contributed by atoms with van der Waals surface area (Å²) < 4.78 is 4.82. The highest BCUT2D eigenvalue weighted by atomic mass is 32.1. The smallest absolute Gasteiger partial charge is 0.265 e. The van der Waals surface area contributed by atoms with Gasteiger partial charge in [0.2, 0.25) is 5.89 Å². The predicted molar refractivity (Wildman–Crippen MR) is 75.7 cm³/mol. The Morgan fingerprint density at radius 3 is 2.85 bits per heavy atom. The highest BCUT2D eigenvalue weighted by Gasteiger charge is 2.18. The molecule has 0 aromatic carbocycles. The molecule has 2 aromatic heterocycles. The number of hydrogen-bond donors (Lipinski definition) is 2. The number of aromatic nitrogens is 3. The van der Waals surface area contributed by atoms with Gasteiger partial charge in [-0.1, -0.05) is 16.5 Å². The molecule has 0 saturated heterocycles. The van der Waals surface area contributed by atoms with Crippen LogP contribution in [-0.2, 0) is 6.54 Å². The van der Waals surface area contributed by atoms with Gasteiger partial charge in [-0.05, 0) is 6.92 Å². The average molecular weight is 296 g/mol. The van der Waals surface area contributed by atoms with E-state index in [2.05, 4.69) is 20.4 Å². The van der Waals surface area contributed by atoms with Crippen LogP contribution in [0.4, 0.5) is 10.9 Å². The number of nitrogens with two attached hydrogens (primary N) is 1. The van der Waals surface area contributed by atoms with E-state index < -0.39 is 0 Å². The number of nitrogens with one attached hydrogen (secondary N) is 1. The first kappa shape index (κ1) is 14.3. The second-order valence-electron chi connectivity index (χ2n) is 4.14. The summed E-state index contributed by atoms with van der Waals surface area (Å²) in [6.07, 6.45) is 0. The lowest BCUT2D eigenvalue weighted by Gasteiger charge is -2.10. The first-order chi connectivity index (χ1) is 9.51. The molecule has 20 heavy (non-hydrogen) atoms. The molecule has 1 amide bonds. The molecule has 0 atom stereocenters. The first-order valence-corrected chi connectivity index (χ1v) is 6.87. The number of hydrogen-bond acceptors (Lipinski definition) is 8. The van der Waals surface area contributed by atoms with Crippen LogP contribution in [0.1, 0.15) is 28.3 Å². The number of anilines is 2. The maximum absolute atomic E-state index is 12.0. The van der Waals surface area contributed by atoms with Gasteiger partial charge in [-0.25, -0.2) is 4.98 Å². The minimum atomic E-state index is -0.293. The van der Waals surface area contributed by atoms with E-state index in [4.69, 9.17) is 10.3 Å². The van der Waals surface area contributed by atoms with Gasteiger partial charge in [0.15, 0.2) is 11.0 Å². The van der Waals surface area contributed by atoms with Crippen molar-refractivity contribution in [1.82, 2.24) is 20.4 Å². The maximum Gasteiger partial charge on any atom is 0.265 e. The largest absolute Gasteiger partial charge is 0.382 e. The summed E-state index contributed by atoms with van der Waals surface area (Å²) in [5.41, 5.74) is 5.77. The lowest BCUT2D eigenvalue weighted by atomic mass is 10.4. The van der Waals surface area contributed by atoms with Crippen molar-refractivity contribution >= 4 is 28.2 Å². The molecule has 3 N–H and O–H groups in total. The Bertz CT molecular complexity index is 608. The van der Waals surface area contributed by atoms with E-state index in [9.17, 15) is 4.79 Å². The second-order valence-corrected chi connectivity index (χ2v) is 5.11. The quantitative estimate of drug-likeness (QED) is 0.839. The molecule has 2 heterocycles. The fourth-order valence-corrected chi connectivity index (χ4v) is 2.36. The third-order valence-corrected chi connectivity index (χ3v) is 3.81. The van der Waals surface area contributed by atoms with E-state index in [1.54, 1.807) is 6.92 Å². The van der Waals surface area contributed by atoms with Crippen molar-refractivity contribution in [3.8, 4) is 0 Å². The molecule has 108 valence electrons. The minimum absolute atomic E-state index is 0.187. The molecule has 2 aromatic rings. The number of carbonyl (C=O) groups excluding carboxylic acids is 1. The van der Waals surface area contributed by atoms with Crippen molar-refractivity contribution in [1.29, 1.82) is 0 Å². The van der Waals surface area contributed by atoms with E-state index in [0.717, 1.165) is 6.54 Å². The fraction of sp³-hybridized carbons (Fsp3) is 0.455. The molecule has 0 unspecified atom stereocenters. The second kappa shape index (κ2) is 5.87. The number of rotatable bonds is 5. The molecule has 9 heteroatoms. The van der Waals surface area contributed by atoms with Crippen LogP contribution >= 0.6 is 11.3 Å². The van der Waals surface area contributed by atoms with Gasteiger partial charge in [0, 0.05) is 20.5 Å². The molecule has 2 rings (SSSR count). The number of carbonyl (C=O) groups is 1. The molecule has 0 spiro atoms. The molecule has 0 radical (unpaired) electrons. The van der Waals surface area contributed by atoms with Crippen molar-refractivity contribution < 1.29 is 9.32 Å². The lowest BCUT2D eigenvalue weighted by molar-refractivity contribution is 0.0954. The van der Waals surface area contributed by atoms with Gasteiger partial charge in [0.05, 0.1) is 6.54 Å². The Morgan fingerprint density at radius 1 is 1.50 bits per heavy atom. The summed E-state index contributed by atoms with van der Waals surface area (Å²) >= 11 is 1.25. The highest BCUT2D eigenvalue weighted by molar-refractivity contribution is 7.18. The Balaban J connectivity index is 2.03. The van der Waals surface area contributed by atoms with Gasteiger partial charge < -0.3 is 20.5 Å². The SMILES string of the molecule is CCN(C)c1nc(N)c(C(=O)NCc2noc(C)n2)s1. The Hall–Kier alpha value is -2.16. The molecule has 8 nitrogen and oxygen atoms in total. The molecule has 0 aliphatic heterocycles.